The first-order valence-electron chi connectivity index (χ1n) is 8.81. The van der Waals surface area contributed by atoms with Gasteiger partial charge in [-0.1, -0.05) is 17.7 Å². The van der Waals surface area contributed by atoms with Crippen molar-refractivity contribution in [2.75, 3.05) is 19.8 Å². The summed E-state index contributed by atoms with van der Waals surface area (Å²) in [5.74, 6) is -0.836. The molecule has 1 saturated heterocycles. The number of sulfone groups is 1. The van der Waals surface area contributed by atoms with Crippen molar-refractivity contribution >= 4 is 20.0 Å². The Balaban J connectivity index is 1.76. The number of rotatable bonds is 6. The normalized spacial score (nSPS) is 23.7. The minimum Gasteiger partial charge on any atom is -0.349 e. The van der Waals surface area contributed by atoms with E-state index in [9.17, 15) is 16.8 Å². The predicted molar refractivity (Wildman–Crippen MR) is 99.6 cm³/mol. The van der Waals surface area contributed by atoms with Crippen molar-refractivity contribution in [3.63, 3.8) is 0 Å². The number of hydrogen-bond acceptors (Lipinski definition) is 7. The molecule has 2 fully saturated rings. The number of ether oxygens (including phenoxy) is 2. The van der Waals surface area contributed by atoms with Gasteiger partial charge in [-0.2, -0.15) is 8.42 Å². The van der Waals surface area contributed by atoms with Gasteiger partial charge >= 0.3 is 0 Å². The highest BCUT2D eigenvalue weighted by Gasteiger charge is 2.63. The zero-order chi connectivity index (χ0) is 20.1. The molecule has 0 spiro atoms. The first kappa shape index (κ1) is 20.7. The summed E-state index contributed by atoms with van der Waals surface area (Å²) in [6.45, 7) is 6.46. The zero-order valence-electron chi connectivity index (χ0n) is 16.0. The maximum atomic E-state index is 13.3. The van der Waals surface area contributed by atoms with Crippen molar-refractivity contribution in [3.05, 3.63) is 29.8 Å². The molecule has 1 aliphatic heterocycles. The highest BCUT2D eigenvalue weighted by atomic mass is 32.2. The van der Waals surface area contributed by atoms with Crippen LogP contribution in [0.15, 0.2) is 29.2 Å². The van der Waals surface area contributed by atoms with Crippen molar-refractivity contribution in [1.29, 1.82) is 0 Å². The largest absolute Gasteiger partial charge is 0.349 e. The summed E-state index contributed by atoms with van der Waals surface area (Å²) in [4.78, 5) is 0.0126. The summed E-state index contributed by atoms with van der Waals surface area (Å²) < 4.78 is 65.2. The van der Waals surface area contributed by atoms with Gasteiger partial charge in [0.15, 0.2) is 15.6 Å². The molecule has 0 atom stereocenters. The summed E-state index contributed by atoms with van der Waals surface area (Å²) in [6, 6.07) is 6.23. The maximum absolute atomic E-state index is 13.3. The van der Waals surface area contributed by atoms with E-state index in [1.54, 1.807) is 32.9 Å². The van der Waals surface area contributed by atoms with Gasteiger partial charge in [0.2, 0.25) is 0 Å². The number of benzene rings is 1. The lowest BCUT2D eigenvalue weighted by Crippen LogP contribution is -2.57. The van der Waals surface area contributed by atoms with Gasteiger partial charge in [0.25, 0.3) is 10.1 Å². The molecule has 0 bridgehead atoms. The van der Waals surface area contributed by atoms with E-state index in [1.165, 1.54) is 12.1 Å². The SMILES string of the molecule is Cc1ccc(S(=O)(=O)OCC2(S(=O)(=O)C3(C)COC(C)(C)OC3)CC2)cc1. The zero-order valence-corrected chi connectivity index (χ0v) is 17.7. The van der Waals surface area contributed by atoms with Gasteiger partial charge in [-0.25, -0.2) is 8.42 Å². The van der Waals surface area contributed by atoms with Gasteiger partial charge in [-0.15, -0.1) is 0 Å². The molecular formula is C18H26O7S2. The minimum atomic E-state index is -4.03. The van der Waals surface area contributed by atoms with E-state index in [1.807, 2.05) is 6.92 Å². The lowest BCUT2D eigenvalue weighted by molar-refractivity contribution is -0.254. The number of hydrogen-bond donors (Lipinski definition) is 0. The van der Waals surface area contributed by atoms with Crippen LogP contribution in [0.4, 0.5) is 0 Å². The molecule has 1 heterocycles. The second-order valence-electron chi connectivity index (χ2n) is 8.14. The molecule has 7 nitrogen and oxygen atoms in total. The van der Waals surface area contributed by atoms with Gasteiger partial charge in [0, 0.05) is 0 Å². The van der Waals surface area contributed by atoms with Gasteiger partial charge < -0.3 is 9.47 Å². The summed E-state index contributed by atoms with van der Waals surface area (Å²) in [5.41, 5.74) is 0.920. The predicted octanol–water partition coefficient (Wildman–Crippen LogP) is 2.19. The van der Waals surface area contributed by atoms with Crippen LogP contribution in [-0.2, 0) is 33.6 Å². The van der Waals surface area contributed by atoms with Crippen LogP contribution in [-0.4, -0.2) is 51.9 Å². The van der Waals surface area contributed by atoms with Crippen LogP contribution in [0.25, 0.3) is 0 Å². The Morgan fingerprint density at radius 2 is 1.48 bits per heavy atom. The van der Waals surface area contributed by atoms with Gasteiger partial charge in [0.05, 0.1) is 29.5 Å². The quantitative estimate of drug-likeness (QED) is 0.653. The highest BCUT2D eigenvalue weighted by molar-refractivity contribution is 7.94. The fourth-order valence-electron chi connectivity index (χ4n) is 3.00. The van der Waals surface area contributed by atoms with Crippen molar-refractivity contribution in [3.8, 4) is 0 Å². The third-order valence-electron chi connectivity index (χ3n) is 5.26. The molecule has 1 aliphatic carbocycles. The van der Waals surface area contributed by atoms with Crippen LogP contribution >= 0.6 is 0 Å². The van der Waals surface area contributed by atoms with E-state index < -0.39 is 41.8 Å². The van der Waals surface area contributed by atoms with E-state index >= 15 is 0 Å². The minimum absolute atomic E-state index is 0.00516. The molecule has 2 aliphatic rings. The molecule has 1 saturated carbocycles. The molecule has 9 heteroatoms. The van der Waals surface area contributed by atoms with E-state index in [2.05, 4.69) is 0 Å². The second kappa shape index (κ2) is 6.52. The fourth-order valence-corrected chi connectivity index (χ4v) is 6.39. The third kappa shape index (κ3) is 3.80. The first-order chi connectivity index (χ1) is 12.3. The van der Waals surface area contributed by atoms with Crippen molar-refractivity contribution in [2.24, 2.45) is 0 Å². The summed E-state index contributed by atoms with van der Waals surface area (Å²) in [7, 11) is -7.78. The summed E-state index contributed by atoms with van der Waals surface area (Å²) in [6.07, 6.45) is 0.718. The van der Waals surface area contributed by atoms with E-state index in [4.69, 9.17) is 13.7 Å². The smallest absolute Gasteiger partial charge is 0.297 e. The molecule has 0 aromatic heterocycles. The monoisotopic (exact) mass is 418 g/mol. The summed E-state index contributed by atoms with van der Waals surface area (Å²) in [5, 5.41) is 0. The van der Waals surface area contributed by atoms with Gasteiger partial charge in [-0.05, 0) is 52.7 Å². The summed E-state index contributed by atoms with van der Waals surface area (Å²) >= 11 is 0. The van der Waals surface area contributed by atoms with Crippen LogP contribution in [0.3, 0.4) is 0 Å². The first-order valence-corrected chi connectivity index (χ1v) is 11.7. The third-order valence-corrected chi connectivity index (χ3v) is 9.74. The fraction of sp³-hybridized carbons (Fsp3) is 0.667. The van der Waals surface area contributed by atoms with Crippen molar-refractivity contribution in [1.82, 2.24) is 0 Å². The Labute approximate surface area is 161 Å². The molecule has 1 aromatic carbocycles. The van der Waals surface area contributed by atoms with Crippen LogP contribution < -0.4 is 0 Å². The van der Waals surface area contributed by atoms with E-state index in [0.29, 0.717) is 12.8 Å². The van der Waals surface area contributed by atoms with Crippen LogP contribution in [0, 0.1) is 6.92 Å². The molecule has 152 valence electrons. The lowest BCUT2D eigenvalue weighted by atomic mass is 10.1. The molecule has 0 unspecified atom stereocenters. The molecule has 0 amide bonds. The van der Waals surface area contributed by atoms with Crippen LogP contribution in [0.1, 0.15) is 39.2 Å². The Morgan fingerprint density at radius 1 is 0.963 bits per heavy atom. The number of aryl methyl sites for hydroxylation is 1. The van der Waals surface area contributed by atoms with Crippen molar-refractivity contribution < 1.29 is 30.5 Å². The maximum Gasteiger partial charge on any atom is 0.297 e. The second-order valence-corrected chi connectivity index (χ2v) is 12.6. The Morgan fingerprint density at radius 3 is 1.96 bits per heavy atom. The Hall–Kier alpha value is -1.00. The highest BCUT2D eigenvalue weighted by Crippen LogP contribution is 2.50. The lowest BCUT2D eigenvalue weighted by Gasteiger charge is -2.42. The molecule has 0 N–H and O–H groups in total. The van der Waals surface area contributed by atoms with Crippen molar-refractivity contribution in [2.45, 2.75) is 60.7 Å². The van der Waals surface area contributed by atoms with Crippen LogP contribution in [0.2, 0.25) is 0 Å². The Kier molecular flexibility index (Phi) is 5.00. The average Bonchev–Trinajstić information content (AvgIpc) is 3.38. The molecule has 27 heavy (non-hydrogen) atoms. The topological polar surface area (TPSA) is 96.0 Å². The van der Waals surface area contributed by atoms with E-state index in [0.717, 1.165) is 5.56 Å². The van der Waals surface area contributed by atoms with E-state index in [-0.39, 0.29) is 18.1 Å². The molecule has 1 aromatic rings. The van der Waals surface area contributed by atoms with Gasteiger partial charge in [0.1, 0.15) is 4.75 Å². The van der Waals surface area contributed by atoms with Crippen LogP contribution in [0.5, 0.6) is 0 Å². The molecule has 3 rings (SSSR count). The molecule has 0 radical (unpaired) electrons. The standard InChI is InChI=1S/C18H26O7S2/c1-14-5-7-15(8-6-14)26(19,20)25-13-18(9-10-18)27(21,22)17(4)11-23-16(2,3)24-12-17/h5-8H,9-13H2,1-4H3. The average molecular weight is 419 g/mol. The Bertz CT molecular complexity index is 901. The molecular weight excluding hydrogens is 392 g/mol. The van der Waals surface area contributed by atoms with Gasteiger partial charge in [-0.3, -0.25) is 4.18 Å².